The van der Waals surface area contributed by atoms with Gasteiger partial charge in [-0.05, 0) is 18.4 Å². The molecule has 0 fully saturated rings. The Morgan fingerprint density at radius 1 is 1.24 bits per heavy atom. The first-order valence-corrected chi connectivity index (χ1v) is 8.71. The SMILES string of the molecule is CC[C@@H](NC(=O)CCCOCCOC)c1ncc(-c2ccccc2)[nH]1. The number of nitrogens with one attached hydrogen (secondary N) is 2. The van der Waals surface area contributed by atoms with Gasteiger partial charge in [-0.25, -0.2) is 4.98 Å². The van der Waals surface area contributed by atoms with Crippen LogP contribution in [0.3, 0.4) is 0 Å². The number of carbonyl (C=O) groups is 1. The molecule has 1 amide bonds. The van der Waals surface area contributed by atoms with Crippen LogP contribution in [0.15, 0.2) is 36.5 Å². The molecule has 25 heavy (non-hydrogen) atoms. The predicted molar refractivity (Wildman–Crippen MR) is 97.1 cm³/mol. The first-order chi connectivity index (χ1) is 12.2. The van der Waals surface area contributed by atoms with Gasteiger partial charge in [0.15, 0.2) is 0 Å². The Hall–Kier alpha value is -2.18. The molecule has 6 heteroatoms. The van der Waals surface area contributed by atoms with E-state index in [0.717, 1.165) is 23.5 Å². The van der Waals surface area contributed by atoms with E-state index in [4.69, 9.17) is 9.47 Å². The average molecular weight is 345 g/mol. The zero-order chi connectivity index (χ0) is 17.9. The van der Waals surface area contributed by atoms with E-state index in [2.05, 4.69) is 15.3 Å². The van der Waals surface area contributed by atoms with Gasteiger partial charge in [-0.3, -0.25) is 4.79 Å². The van der Waals surface area contributed by atoms with E-state index in [9.17, 15) is 4.79 Å². The zero-order valence-corrected chi connectivity index (χ0v) is 15.0. The molecule has 6 nitrogen and oxygen atoms in total. The van der Waals surface area contributed by atoms with Crippen LogP contribution >= 0.6 is 0 Å². The van der Waals surface area contributed by atoms with Crippen molar-refractivity contribution in [1.82, 2.24) is 15.3 Å². The molecular formula is C19H27N3O3. The fraction of sp³-hybridized carbons (Fsp3) is 0.474. The van der Waals surface area contributed by atoms with Crippen LogP contribution in [0.25, 0.3) is 11.3 Å². The van der Waals surface area contributed by atoms with E-state index in [1.165, 1.54) is 0 Å². The Bertz CT molecular complexity index is 628. The molecule has 0 unspecified atom stereocenters. The number of hydrogen-bond donors (Lipinski definition) is 2. The number of hydrogen-bond acceptors (Lipinski definition) is 4. The Kier molecular flexibility index (Phi) is 8.15. The third kappa shape index (κ3) is 6.32. The smallest absolute Gasteiger partial charge is 0.220 e. The lowest BCUT2D eigenvalue weighted by Crippen LogP contribution is -2.28. The number of methoxy groups -OCH3 is 1. The van der Waals surface area contributed by atoms with Gasteiger partial charge in [-0.1, -0.05) is 37.3 Å². The molecule has 1 heterocycles. The van der Waals surface area contributed by atoms with Crippen LogP contribution in [0.2, 0.25) is 0 Å². The summed E-state index contributed by atoms with van der Waals surface area (Å²) < 4.78 is 10.3. The monoisotopic (exact) mass is 345 g/mol. The highest BCUT2D eigenvalue weighted by Crippen LogP contribution is 2.20. The van der Waals surface area contributed by atoms with E-state index in [1.54, 1.807) is 7.11 Å². The summed E-state index contributed by atoms with van der Waals surface area (Å²) in [5.41, 5.74) is 2.03. The van der Waals surface area contributed by atoms with Crippen molar-refractivity contribution in [2.45, 2.75) is 32.2 Å². The van der Waals surface area contributed by atoms with Crippen molar-refractivity contribution in [2.75, 3.05) is 26.9 Å². The minimum absolute atomic E-state index is 0.0138. The number of carbonyl (C=O) groups excluding carboxylic acids is 1. The van der Waals surface area contributed by atoms with E-state index in [1.807, 2.05) is 43.5 Å². The standard InChI is InChI=1S/C19H27N3O3/c1-3-16(21-18(23)10-7-11-25-13-12-24-2)19-20-14-17(22-19)15-8-5-4-6-9-15/h4-6,8-9,14,16H,3,7,10-13H2,1-2H3,(H,20,22)(H,21,23)/t16-/m1/s1. The van der Waals surface area contributed by atoms with Crippen molar-refractivity contribution in [3.63, 3.8) is 0 Å². The maximum atomic E-state index is 12.1. The van der Waals surface area contributed by atoms with Crippen LogP contribution in [0, 0.1) is 0 Å². The Morgan fingerprint density at radius 3 is 2.76 bits per heavy atom. The normalized spacial score (nSPS) is 12.1. The highest BCUT2D eigenvalue weighted by Gasteiger charge is 2.16. The van der Waals surface area contributed by atoms with Crippen LogP contribution < -0.4 is 5.32 Å². The Morgan fingerprint density at radius 2 is 2.04 bits per heavy atom. The summed E-state index contributed by atoms with van der Waals surface area (Å²) in [6.07, 6.45) is 3.72. The molecule has 1 atom stereocenters. The van der Waals surface area contributed by atoms with E-state index >= 15 is 0 Å². The summed E-state index contributed by atoms with van der Waals surface area (Å²) in [6, 6.07) is 9.91. The minimum atomic E-state index is -0.112. The first-order valence-electron chi connectivity index (χ1n) is 8.71. The molecule has 2 N–H and O–H groups in total. The Labute approximate surface area is 149 Å². The predicted octanol–water partition coefficient (Wildman–Crippen LogP) is 3.09. The quantitative estimate of drug-likeness (QED) is 0.614. The molecule has 0 saturated heterocycles. The van der Waals surface area contributed by atoms with Crippen molar-refractivity contribution >= 4 is 5.91 Å². The van der Waals surface area contributed by atoms with Crippen molar-refractivity contribution in [2.24, 2.45) is 0 Å². The fourth-order valence-corrected chi connectivity index (χ4v) is 2.49. The number of aromatic amines is 1. The largest absolute Gasteiger partial charge is 0.382 e. The molecule has 0 aliphatic heterocycles. The maximum absolute atomic E-state index is 12.1. The summed E-state index contributed by atoms with van der Waals surface area (Å²) in [7, 11) is 1.64. The third-order valence-corrected chi connectivity index (χ3v) is 3.88. The molecule has 1 aromatic carbocycles. The zero-order valence-electron chi connectivity index (χ0n) is 15.0. The second-order valence-corrected chi connectivity index (χ2v) is 5.79. The molecule has 136 valence electrons. The fourth-order valence-electron chi connectivity index (χ4n) is 2.49. The molecule has 0 radical (unpaired) electrons. The van der Waals surface area contributed by atoms with Crippen LogP contribution in [-0.4, -0.2) is 42.8 Å². The molecule has 0 saturated carbocycles. The summed E-state index contributed by atoms with van der Waals surface area (Å²) >= 11 is 0. The minimum Gasteiger partial charge on any atom is -0.382 e. The molecule has 0 aliphatic carbocycles. The third-order valence-electron chi connectivity index (χ3n) is 3.88. The van der Waals surface area contributed by atoms with Crippen LogP contribution in [0.4, 0.5) is 0 Å². The van der Waals surface area contributed by atoms with Crippen LogP contribution in [-0.2, 0) is 14.3 Å². The van der Waals surface area contributed by atoms with E-state index in [-0.39, 0.29) is 11.9 Å². The summed E-state index contributed by atoms with van der Waals surface area (Å²) in [5, 5.41) is 3.04. The van der Waals surface area contributed by atoms with Gasteiger partial charge in [0.1, 0.15) is 5.82 Å². The number of nitrogens with zero attached hydrogens (tertiary/aromatic N) is 1. The number of benzene rings is 1. The van der Waals surface area contributed by atoms with E-state index < -0.39 is 0 Å². The van der Waals surface area contributed by atoms with Crippen LogP contribution in [0.5, 0.6) is 0 Å². The molecule has 0 aliphatic rings. The number of aromatic nitrogens is 2. The van der Waals surface area contributed by atoms with Crippen molar-refractivity contribution < 1.29 is 14.3 Å². The van der Waals surface area contributed by atoms with Gasteiger partial charge in [0.05, 0.1) is 31.1 Å². The lowest BCUT2D eigenvalue weighted by atomic mass is 10.2. The summed E-state index contributed by atoms with van der Waals surface area (Å²) in [5.74, 6) is 0.797. The highest BCUT2D eigenvalue weighted by molar-refractivity contribution is 5.76. The molecule has 0 spiro atoms. The van der Waals surface area contributed by atoms with Gasteiger partial charge >= 0.3 is 0 Å². The van der Waals surface area contributed by atoms with Gasteiger partial charge in [0.25, 0.3) is 0 Å². The number of H-pyrrole nitrogens is 1. The molecular weight excluding hydrogens is 318 g/mol. The average Bonchev–Trinajstić information content (AvgIpc) is 3.13. The molecule has 0 bridgehead atoms. The molecule has 2 aromatic rings. The maximum Gasteiger partial charge on any atom is 0.220 e. The van der Waals surface area contributed by atoms with Crippen LogP contribution in [0.1, 0.15) is 38.1 Å². The van der Waals surface area contributed by atoms with Gasteiger partial charge in [-0.15, -0.1) is 0 Å². The second kappa shape index (κ2) is 10.6. The number of amides is 1. The number of ether oxygens (including phenoxy) is 2. The van der Waals surface area contributed by atoms with Gasteiger partial charge < -0.3 is 19.8 Å². The van der Waals surface area contributed by atoms with Crippen molar-refractivity contribution in [1.29, 1.82) is 0 Å². The van der Waals surface area contributed by atoms with Gasteiger partial charge in [0.2, 0.25) is 5.91 Å². The number of imidazole rings is 1. The molecule has 1 aromatic heterocycles. The van der Waals surface area contributed by atoms with Gasteiger partial charge in [0, 0.05) is 20.1 Å². The lowest BCUT2D eigenvalue weighted by molar-refractivity contribution is -0.122. The van der Waals surface area contributed by atoms with Crippen molar-refractivity contribution in [3.05, 3.63) is 42.4 Å². The Balaban J connectivity index is 1.81. The highest BCUT2D eigenvalue weighted by atomic mass is 16.5. The van der Waals surface area contributed by atoms with Crippen molar-refractivity contribution in [3.8, 4) is 11.3 Å². The lowest BCUT2D eigenvalue weighted by Gasteiger charge is -2.14. The summed E-state index contributed by atoms with van der Waals surface area (Å²) in [4.78, 5) is 19.9. The van der Waals surface area contributed by atoms with E-state index in [0.29, 0.717) is 32.7 Å². The topological polar surface area (TPSA) is 76.2 Å². The number of rotatable bonds is 11. The molecule has 2 rings (SSSR count). The summed E-state index contributed by atoms with van der Waals surface area (Å²) in [6.45, 7) is 3.73. The van der Waals surface area contributed by atoms with Gasteiger partial charge in [-0.2, -0.15) is 0 Å². The second-order valence-electron chi connectivity index (χ2n) is 5.79. The first kappa shape index (κ1) is 19.1.